The Morgan fingerprint density at radius 1 is 0.833 bits per heavy atom. The number of pyridine rings is 1. The number of nitrogens with zero attached hydrogens (tertiary/aromatic N) is 1. The molecule has 0 aliphatic carbocycles. The van der Waals surface area contributed by atoms with Crippen molar-refractivity contribution in [3.63, 3.8) is 0 Å². The third kappa shape index (κ3) is 3.15. The standard InChI is InChI=1S/C26H27F2NO/c1-25(2,3)18-12-15(13-19(24(18)30)26(4,5)6)22-17-10-9-16(27)14-21(17)29-11-7-8-20(28)23(22)29/h7-14,30H,1-6H3. The van der Waals surface area contributed by atoms with Gasteiger partial charge in [-0.05, 0) is 58.9 Å². The molecule has 2 heterocycles. The molecule has 30 heavy (non-hydrogen) atoms. The molecular formula is C26H27F2NO. The first-order valence-corrected chi connectivity index (χ1v) is 10.2. The molecule has 0 amide bonds. The lowest BCUT2D eigenvalue weighted by molar-refractivity contribution is 0.423. The van der Waals surface area contributed by atoms with Gasteiger partial charge in [0.1, 0.15) is 17.4 Å². The van der Waals surface area contributed by atoms with Crippen LogP contribution in [0.3, 0.4) is 0 Å². The molecule has 0 bridgehead atoms. The fourth-order valence-electron chi connectivity index (χ4n) is 4.18. The van der Waals surface area contributed by atoms with Gasteiger partial charge in [-0.1, -0.05) is 41.5 Å². The number of hydrogen-bond acceptors (Lipinski definition) is 1. The van der Waals surface area contributed by atoms with Gasteiger partial charge in [0.05, 0.1) is 11.0 Å². The first kappa shape index (κ1) is 20.4. The highest BCUT2D eigenvalue weighted by molar-refractivity contribution is 6.06. The molecule has 2 aromatic heterocycles. The van der Waals surface area contributed by atoms with Gasteiger partial charge in [-0.2, -0.15) is 0 Å². The molecule has 0 aliphatic heterocycles. The Morgan fingerprint density at radius 2 is 1.43 bits per heavy atom. The Hall–Kier alpha value is -2.88. The summed E-state index contributed by atoms with van der Waals surface area (Å²) in [4.78, 5) is 0. The molecule has 0 saturated heterocycles. The Labute approximate surface area is 175 Å². The monoisotopic (exact) mass is 407 g/mol. The summed E-state index contributed by atoms with van der Waals surface area (Å²) in [5, 5.41) is 11.8. The fraction of sp³-hybridized carbons (Fsp3) is 0.308. The molecule has 4 aromatic rings. The topological polar surface area (TPSA) is 24.6 Å². The van der Waals surface area contributed by atoms with Gasteiger partial charge >= 0.3 is 0 Å². The molecule has 0 atom stereocenters. The Bertz CT molecular complexity index is 1250. The Morgan fingerprint density at radius 3 is 2.00 bits per heavy atom. The SMILES string of the molecule is CC(C)(C)c1cc(-c2c3ccc(F)cc3n3cccc(F)c23)cc(C(C)(C)C)c1O. The number of rotatable bonds is 1. The van der Waals surface area contributed by atoms with Crippen molar-refractivity contribution in [1.29, 1.82) is 0 Å². The van der Waals surface area contributed by atoms with Gasteiger partial charge < -0.3 is 9.51 Å². The zero-order valence-corrected chi connectivity index (χ0v) is 18.3. The van der Waals surface area contributed by atoms with Crippen molar-refractivity contribution in [1.82, 2.24) is 4.40 Å². The number of aromatic hydroxyl groups is 1. The summed E-state index contributed by atoms with van der Waals surface area (Å²) in [6, 6.07) is 11.5. The molecule has 156 valence electrons. The van der Waals surface area contributed by atoms with E-state index in [1.54, 1.807) is 22.7 Å². The van der Waals surface area contributed by atoms with Crippen LogP contribution in [0.4, 0.5) is 8.78 Å². The highest BCUT2D eigenvalue weighted by Gasteiger charge is 2.28. The first-order chi connectivity index (χ1) is 13.9. The van der Waals surface area contributed by atoms with Crippen LogP contribution < -0.4 is 0 Å². The number of hydrogen-bond donors (Lipinski definition) is 1. The molecule has 0 radical (unpaired) electrons. The minimum atomic E-state index is -0.369. The van der Waals surface area contributed by atoms with Crippen molar-refractivity contribution >= 4 is 16.4 Å². The van der Waals surface area contributed by atoms with E-state index < -0.39 is 0 Å². The summed E-state index contributed by atoms with van der Waals surface area (Å²) in [5.41, 5.74) is 3.52. The highest BCUT2D eigenvalue weighted by Crippen LogP contribution is 2.45. The lowest BCUT2D eigenvalue weighted by Crippen LogP contribution is -2.17. The molecule has 1 N–H and O–H groups in total. The van der Waals surface area contributed by atoms with Gasteiger partial charge in [0, 0.05) is 28.3 Å². The largest absolute Gasteiger partial charge is 0.507 e. The van der Waals surface area contributed by atoms with Crippen LogP contribution in [0.1, 0.15) is 52.7 Å². The van der Waals surface area contributed by atoms with Gasteiger partial charge in [0.25, 0.3) is 0 Å². The van der Waals surface area contributed by atoms with Crippen molar-refractivity contribution in [2.45, 2.75) is 52.4 Å². The molecule has 4 heteroatoms. The number of phenolic OH excluding ortho intramolecular Hbond substituents is 1. The molecule has 0 saturated carbocycles. The third-order valence-corrected chi connectivity index (χ3v) is 5.68. The highest BCUT2D eigenvalue weighted by atomic mass is 19.1. The molecule has 0 aliphatic rings. The maximum Gasteiger partial charge on any atom is 0.147 e. The molecule has 0 fully saturated rings. The summed E-state index contributed by atoms with van der Waals surface area (Å²) in [6.07, 6.45) is 1.75. The van der Waals surface area contributed by atoms with Crippen LogP contribution in [0, 0.1) is 11.6 Å². The number of fused-ring (bicyclic) bond motifs is 3. The second kappa shape index (κ2) is 6.56. The summed E-state index contributed by atoms with van der Waals surface area (Å²) < 4.78 is 30.8. The quantitative estimate of drug-likeness (QED) is 0.351. The van der Waals surface area contributed by atoms with Crippen molar-refractivity contribution in [3.8, 4) is 16.9 Å². The van der Waals surface area contributed by atoms with E-state index in [0.717, 1.165) is 22.1 Å². The van der Waals surface area contributed by atoms with E-state index >= 15 is 4.39 Å². The van der Waals surface area contributed by atoms with Crippen LogP contribution in [0.15, 0.2) is 48.7 Å². The smallest absolute Gasteiger partial charge is 0.147 e. The second-order valence-electron chi connectivity index (χ2n) is 10.0. The van der Waals surface area contributed by atoms with E-state index in [9.17, 15) is 9.50 Å². The average Bonchev–Trinajstić information content (AvgIpc) is 2.95. The zero-order valence-electron chi connectivity index (χ0n) is 18.3. The normalized spacial score (nSPS) is 12.8. The molecular weight excluding hydrogens is 380 g/mol. The predicted molar refractivity (Wildman–Crippen MR) is 119 cm³/mol. The van der Waals surface area contributed by atoms with Crippen LogP contribution >= 0.6 is 0 Å². The third-order valence-electron chi connectivity index (χ3n) is 5.68. The number of aromatic nitrogens is 1. The second-order valence-corrected chi connectivity index (χ2v) is 10.0. The number of benzene rings is 2. The maximum atomic E-state index is 15.1. The number of phenols is 1. The molecule has 2 aromatic carbocycles. The molecule has 0 unspecified atom stereocenters. The maximum absolute atomic E-state index is 15.1. The van der Waals surface area contributed by atoms with Crippen LogP contribution in [0.5, 0.6) is 5.75 Å². The Balaban J connectivity index is 2.20. The van der Waals surface area contributed by atoms with Gasteiger partial charge in [-0.15, -0.1) is 0 Å². The van der Waals surface area contributed by atoms with Crippen LogP contribution in [0.25, 0.3) is 27.5 Å². The van der Waals surface area contributed by atoms with Crippen LogP contribution in [-0.2, 0) is 10.8 Å². The van der Waals surface area contributed by atoms with Gasteiger partial charge in [0.15, 0.2) is 0 Å². The molecule has 4 rings (SSSR count). The predicted octanol–water partition coefficient (Wildman–Crippen LogP) is 7.34. The van der Waals surface area contributed by atoms with E-state index in [1.807, 2.05) is 53.7 Å². The van der Waals surface area contributed by atoms with E-state index in [4.69, 9.17) is 0 Å². The summed E-state index contributed by atoms with van der Waals surface area (Å²) in [6.45, 7) is 12.3. The van der Waals surface area contributed by atoms with Gasteiger partial charge in [-0.25, -0.2) is 8.78 Å². The van der Waals surface area contributed by atoms with Crippen molar-refractivity contribution in [3.05, 3.63) is 71.4 Å². The van der Waals surface area contributed by atoms with Crippen LogP contribution in [-0.4, -0.2) is 9.51 Å². The summed E-state index contributed by atoms with van der Waals surface area (Å²) in [5.74, 6) is -0.459. The minimum absolute atomic E-state index is 0.276. The van der Waals surface area contributed by atoms with Crippen LogP contribution in [0.2, 0.25) is 0 Å². The van der Waals surface area contributed by atoms with Crippen molar-refractivity contribution < 1.29 is 13.9 Å². The Kier molecular flexibility index (Phi) is 4.46. The van der Waals surface area contributed by atoms with Crippen molar-refractivity contribution in [2.75, 3.05) is 0 Å². The summed E-state index contributed by atoms with van der Waals surface area (Å²) >= 11 is 0. The fourth-order valence-corrected chi connectivity index (χ4v) is 4.18. The van der Waals surface area contributed by atoms with E-state index in [-0.39, 0.29) is 28.2 Å². The van der Waals surface area contributed by atoms with E-state index in [0.29, 0.717) is 16.6 Å². The van der Waals surface area contributed by atoms with Gasteiger partial charge in [-0.3, -0.25) is 0 Å². The van der Waals surface area contributed by atoms with E-state index in [2.05, 4.69) is 0 Å². The first-order valence-electron chi connectivity index (χ1n) is 10.2. The molecule has 0 spiro atoms. The lowest BCUT2D eigenvalue weighted by atomic mass is 9.77. The minimum Gasteiger partial charge on any atom is -0.507 e. The lowest BCUT2D eigenvalue weighted by Gasteiger charge is -2.28. The van der Waals surface area contributed by atoms with Gasteiger partial charge in [0.2, 0.25) is 0 Å². The average molecular weight is 408 g/mol. The van der Waals surface area contributed by atoms with E-state index in [1.165, 1.54) is 18.2 Å². The number of halogens is 2. The van der Waals surface area contributed by atoms with Crippen molar-refractivity contribution in [2.24, 2.45) is 0 Å². The molecule has 2 nitrogen and oxygen atoms in total. The summed E-state index contributed by atoms with van der Waals surface area (Å²) in [7, 11) is 0. The zero-order chi connectivity index (χ0) is 22.0.